The van der Waals surface area contributed by atoms with Crippen molar-refractivity contribution in [2.24, 2.45) is 0 Å². The normalized spacial score (nSPS) is 11.1. The lowest BCUT2D eigenvalue weighted by molar-refractivity contribution is -0.384. The van der Waals surface area contributed by atoms with Crippen molar-refractivity contribution in [1.29, 1.82) is 0 Å². The van der Waals surface area contributed by atoms with Crippen LogP contribution in [0.25, 0.3) is 0 Å². The number of carbonyl (C=O) groups excluding carboxylic acids is 2. The molecular formula is C19H22N4O6. The lowest BCUT2D eigenvalue weighted by atomic mass is 10.1. The standard InChI is InChI=1S/C19H22N4O6/c1-4-28-14-6-8-15(9-7-14)29-12(2)18(24)21-22-19(25)13-5-10-16(20-3)17(11-13)23(26)27/h5-12,20H,4H2,1-3H3,(H,21,24)(H,22,25)/t12-/m0/s1. The first-order chi connectivity index (χ1) is 13.8. The lowest BCUT2D eigenvalue weighted by Crippen LogP contribution is -2.47. The third kappa shape index (κ3) is 5.83. The van der Waals surface area contributed by atoms with Gasteiger partial charge in [-0.05, 0) is 50.2 Å². The number of hydrazine groups is 1. The largest absolute Gasteiger partial charge is 0.494 e. The molecule has 0 radical (unpaired) electrons. The maximum atomic E-state index is 12.2. The molecule has 10 heteroatoms. The monoisotopic (exact) mass is 402 g/mol. The number of hydrogen-bond acceptors (Lipinski definition) is 7. The van der Waals surface area contributed by atoms with Crippen LogP contribution in [0.2, 0.25) is 0 Å². The summed E-state index contributed by atoms with van der Waals surface area (Å²) in [4.78, 5) is 34.8. The molecule has 154 valence electrons. The van der Waals surface area contributed by atoms with Crippen molar-refractivity contribution in [2.75, 3.05) is 19.0 Å². The molecule has 2 aromatic carbocycles. The Balaban J connectivity index is 1.93. The highest BCUT2D eigenvalue weighted by Crippen LogP contribution is 2.25. The SMILES string of the molecule is CCOc1ccc(O[C@@H](C)C(=O)NNC(=O)c2ccc(NC)c([N+](=O)[O-])c2)cc1. The van der Waals surface area contributed by atoms with E-state index in [2.05, 4.69) is 16.2 Å². The molecule has 29 heavy (non-hydrogen) atoms. The number of nitrogens with one attached hydrogen (secondary N) is 3. The Morgan fingerprint density at radius 1 is 1.10 bits per heavy atom. The highest BCUT2D eigenvalue weighted by molar-refractivity contribution is 5.97. The highest BCUT2D eigenvalue weighted by atomic mass is 16.6. The van der Waals surface area contributed by atoms with Gasteiger partial charge in [0.1, 0.15) is 17.2 Å². The molecule has 0 aliphatic heterocycles. The van der Waals surface area contributed by atoms with E-state index in [1.54, 1.807) is 24.3 Å². The molecule has 0 spiro atoms. The Kier molecular flexibility index (Phi) is 7.35. The summed E-state index contributed by atoms with van der Waals surface area (Å²) >= 11 is 0. The molecule has 3 N–H and O–H groups in total. The van der Waals surface area contributed by atoms with Crippen molar-refractivity contribution in [3.63, 3.8) is 0 Å². The van der Waals surface area contributed by atoms with Crippen LogP contribution >= 0.6 is 0 Å². The lowest BCUT2D eigenvalue weighted by Gasteiger charge is -2.15. The minimum atomic E-state index is -0.894. The van der Waals surface area contributed by atoms with Gasteiger partial charge in [-0.15, -0.1) is 0 Å². The predicted octanol–water partition coefficient (Wildman–Crippen LogP) is 2.26. The number of nitro benzene ring substituents is 1. The zero-order valence-corrected chi connectivity index (χ0v) is 16.2. The fourth-order valence-corrected chi connectivity index (χ4v) is 2.37. The molecule has 0 bridgehead atoms. The third-order valence-corrected chi connectivity index (χ3v) is 3.84. The fraction of sp³-hybridized carbons (Fsp3) is 0.263. The van der Waals surface area contributed by atoms with Crippen molar-refractivity contribution >= 4 is 23.2 Å². The van der Waals surface area contributed by atoms with Crippen molar-refractivity contribution in [1.82, 2.24) is 10.9 Å². The molecule has 0 aromatic heterocycles. The smallest absolute Gasteiger partial charge is 0.293 e. The number of carbonyl (C=O) groups is 2. The summed E-state index contributed by atoms with van der Waals surface area (Å²) in [6.07, 6.45) is -0.894. The Hall–Kier alpha value is -3.82. The molecule has 0 unspecified atom stereocenters. The van der Waals surface area contributed by atoms with E-state index in [1.165, 1.54) is 26.1 Å². The molecule has 0 heterocycles. The molecule has 0 saturated heterocycles. The van der Waals surface area contributed by atoms with Crippen LogP contribution < -0.4 is 25.6 Å². The first-order valence-corrected chi connectivity index (χ1v) is 8.81. The van der Waals surface area contributed by atoms with Crippen molar-refractivity contribution in [2.45, 2.75) is 20.0 Å². The van der Waals surface area contributed by atoms with Gasteiger partial charge in [0.15, 0.2) is 6.10 Å². The Morgan fingerprint density at radius 2 is 1.76 bits per heavy atom. The average Bonchev–Trinajstić information content (AvgIpc) is 2.72. The number of nitrogens with zero attached hydrogens (tertiary/aromatic N) is 1. The highest BCUT2D eigenvalue weighted by Gasteiger charge is 2.19. The van der Waals surface area contributed by atoms with Crippen LogP contribution in [0.5, 0.6) is 11.5 Å². The number of amides is 2. The van der Waals surface area contributed by atoms with Crippen LogP contribution in [0, 0.1) is 10.1 Å². The Labute approximate surface area is 167 Å². The van der Waals surface area contributed by atoms with E-state index >= 15 is 0 Å². The molecule has 0 aliphatic rings. The van der Waals surface area contributed by atoms with Crippen LogP contribution in [-0.4, -0.2) is 36.5 Å². The molecule has 2 amide bonds. The second-order valence-electron chi connectivity index (χ2n) is 5.85. The summed E-state index contributed by atoms with van der Waals surface area (Å²) in [5, 5.41) is 13.8. The molecule has 0 fully saturated rings. The molecule has 1 atom stereocenters. The van der Waals surface area contributed by atoms with E-state index in [9.17, 15) is 19.7 Å². The van der Waals surface area contributed by atoms with Gasteiger partial charge < -0.3 is 14.8 Å². The van der Waals surface area contributed by atoms with Crippen molar-refractivity contribution in [3.8, 4) is 11.5 Å². The molecular weight excluding hydrogens is 380 g/mol. The minimum absolute atomic E-state index is 0.0242. The van der Waals surface area contributed by atoms with Crippen LogP contribution in [0.1, 0.15) is 24.2 Å². The van der Waals surface area contributed by atoms with E-state index in [4.69, 9.17) is 9.47 Å². The maximum absolute atomic E-state index is 12.2. The summed E-state index contributed by atoms with van der Waals surface area (Å²) in [6, 6.07) is 10.7. The van der Waals surface area contributed by atoms with Gasteiger partial charge in [-0.1, -0.05) is 0 Å². The molecule has 0 saturated carbocycles. The second-order valence-corrected chi connectivity index (χ2v) is 5.85. The molecule has 2 aromatic rings. The average molecular weight is 402 g/mol. The quantitative estimate of drug-likeness (QED) is 0.456. The summed E-state index contributed by atoms with van der Waals surface area (Å²) in [5.41, 5.74) is 4.49. The molecule has 0 aliphatic carbocycles. The fourth-order valence-electron chi connectivity index (χ4n) is 2.37. The van der Waals surface area contributed by atoms with Crippen molar-refractivity contribution < 1.29 is 24.0 Å². The van der Waals surface area contributed by atoms with Crippen molar-refractivity contribution in [3.05, 3.63) is 58.1 Å². The summed E-state index contributed by atoms with van der Waals surface area (Å²) in [6.45, 7) is 3.93. The maximum Gasteiger partial charge on any atom is 0.293 e. The Morgan fingerprint density at radius 3 is 2.34 bits per heavy atom. The van der Waals surface area contributed by atoms with Crippen LogP contribution in [0.3, 0.4) is 0 Å². The zero-order chi connectivity index (χ0) is 21.4. The van der Waals surface area contributed by atoms with E-state index in [-0.39, 0.29) is 16.9 Å². The molecule has 10 nitrogen and oxygen atoms in total. The number of hydrogen-bond donors (Lipinski definition) is 3. The summed E-state index contributed by atoms with van der Waals surface area (Å²) < 4.78 is 10.8. The van der Waals surface area contributed by atoms with Gasteiger partial charge in [0, 0.05) is 18.7 Å². The van der Waals surface area contributed by atoms with E-state index in [0.29, 0.717) is 18.1 Å². The minimum Gasteiger partial charge on any atom is -0.494 e. The van der Waals surface area contributed by atoms with E-state index in [0.717, 1.165) is 6.07 Å². The second kappa shape index (κ2) is 9.93. The van der Waals surface area contributed by atoms with Gasteiger partial charge in [0.25, 0.3) is 17.5 Å². The number of benzene rings is 2. The van der Waals surface area contributed by atoms with Gasteiger partial charge in [-0.25, -0.2) is 0 Å². The van der Waals surface area contributed by atoms with Crippen LogP contribution in [0.15, 0.2) is 42.5 Å². The first-order valence-electron chi connectivity index (χ1n) is 8.81. The number of rotatable bonds is 8. The first kappa shape index (κ1) is 21.5. The third-order valence-electron chi connectivity index (χ3n) is 3.84. The van der Waals surface area contributed by atoms with Gasteiger partial charge in [-0.2, -0.15) is 0 Å². The molecule has 2 rings (SSSR count). The summed E-state index contributed by atoms with van der Waals surface area (Å²) in [7, 11) is 1.54. The van der Waals surface area contributed by atoms with E-state index < -0.39 is 22.8 Å². The van der Waals surface area contributed by atoms with Gasteiger partial charge in [-0.3, -0.25) is 30.6 Å². The topological polar surface area (TPSA) is 132 Å². The predicted molar refractivity (Wildman–Crippen MR) is 106 cm³/mol. The van der Waals surface area contributed by atoms with Crippen LogP contribution in [-0.2, 0) is 4.79 Å². The van der Waals surface area contributed by atoms with Gasteiger partial charge in [0.2, 0.25) is 0 Å². The van der Waals surface area contributed by atoms with E-state index in [1.807, 2.05) is 6.92 Å². The number of anilines is 1. The van der Waals surface area contributed by atoms with Gasteiger partial charge >= 0.3 is 0 Å². The Bertz CT molecular complexity index is 885. The number of nitro groups is 1. The van der Waals surface area contributed by atoms with Gasteiger partial charge in [0.05, 0.1) is 11.5 Å². The van der Waals surface area contributed by atoms with Crippen LogP contribution in [0.4, 0.5) is 11.4 Å². The number of ether oxygens (including phenoxy) is 2. The summed E-state index contributed by atoms with van der Waals surface area (Å²) in [5.74, 6) is -0.144. The zero-order valence-electron chi connectivity index (χ0n) is 16.2.